The average molecular weight is 364 g/mol. The molecule has 0 bridgehead atoms. The van der Waals surface area contributed by atoms with E-state index in [1.54, 1.807) is 30.3 Å². The molecule has 0 heterocycles. The van der Waals surface area contributed by atoms with Gasteiger partial charge in [0.05, 0.1) is 11.6 Å². The van der Waals surface area contributed by atoms with Crippen LogP contribution >= 0.6 is 11.6 Å². The molecule has 0 aromatic heterocycles. The molecule has 128 valence electrons. The van der Waals surface area contributed by atoms with Crippen LogP contribution in [0.3, 0.4) is 0 Å². The fourth-order valence-electron chi connectivity index (χ4n) is 2.48. The summed E-state index contributed by atoms with van der Waals surface area (Å²) >= 11 is 6.20. The van der Waals surface area contributed by atoms with Gasteiger partial charge in [0, 0.05) is 16.1 Å². The number of ether oxygens (including phenoxy) is 1. The highest BCUT2D eigenvalue weighted by atomic mass is 35.5. The molecular formula is C22H15ClFNO. The third kappa shape index (κ3) is 4.30. The van der Waals surface area contributed by atoms with Gasteiger partial charge in [-0.25, -0.2) is 4.39 Å². The van der Waals surface area contributed by atoms with Crippen molar-refractivity contribution < 1.29 is 9.13 Å². The Labute approximate surface area is 156 Å². The van der Waals surface area contributed by atoms with Crippen molar-refractivity contribution in [3.8, 4) is 11.8 Å². The van der Waals surface area contributed by atoms with Gasteiger partial charge >= 0.3 is 0 Å². The third-order valence-corrected chi connectivity index (χ3v) is 4.14. The van der Waals surface area contributed by atoms with E-state index in [-0.39, 0.29) is 5.82 Å². The van der Waals surface area contributed by atoms with Crippen LogP contribution in [0, 0.1) is 17.1 Å². The Hall–Kier alpha value is -3.09. The summed E-state index contributed by atoms with van der Waals surface area (Å²) in [6.07, 6.45) is 1.75. The highest BCUT2D eigenvalue weighted by Crippen LogP contribution is 2.28. The van der Waals surface area contributed by atoms with Gasteiger partial charge in [-0.2, -0.15) is 5.26 Å². The quantitative estimate of drug-likeness (QED) is 0.404. The Bertz CT molecular complexity index is 974. The summed E-state index contributed by atoms with van der Waals surface area (Å²) < 4.78 is 18.9. The number of halogens is 2. The predicted octanol–water partition coefficient (Wildman–Crippen LogP) is 6.12. The van der Waals surface area contributed by atoms with E-state index < -0.39 is 0 Å². The second-order valence-corrected chi connectivity index (χ2v) is 6.01. The number of benzene rings is 3. The molecule has 0 aliphatic heterocycles. The monoisotopic (exact) mass is 363 g/mol. The number of nitrogens with zero attached hydrogens (tertiary/aromatic N) is 1. The van der Waals surface area contributed by atoms with Crippen molar-refractivity contribution >= 4 is 23.3 Å². The van der Waals surface area contributed by atoms with Gasteiger partial charge in [0.2, 0.25) is 0 Å². The molecule has 3 rings (SSSR count). The van der Waals surface area contributed by atoms with E-state index >= 15 is 0 Å². The first-order chi connectivity index (χ1) is 12.7. The van der Waals surface area contributed by atoms with E-state index in [0.29, 0.717) is 28.5 Å². The highest BCUT2D eigenvalue weighted by molar-refractivity contribution is 6.32. The fourth-order valence-corrected chi connectivity index (χ4v) is 2.72. The molecule has 0 N–H and O–H groups in total. The van der Waals surface area contributed by atoms with Gasteiger partial charge in [-0.05, 0) is 35.9 Å². The largest absolute Gasteiger partial charge is 0.488 e. The van der Waals surface area contributed by atoms with Crippen molar-refractivity contribution in [2.45, 2.75) is 6.61 Å². The number of hydrogen-bond acceptors (Lipinski definition) is 2. The first kappa shape index (κ1) is 17.7. The van der Waals surface area contributed by atoms with Gasteiger partial charge in [-0.1, -0.05) is 60.1 Å². The molecule has 26 heavy (non-hydrogen) atoms. The predicted molar refractivity (Wildman–Crippen MR) is 102 cm³/mol. The van der Waals surface area contributed by atoms with E-state index in [1.807, 2.05) is 36.4 Å². The van der Waals surface area contributed by atoms with Crippen LogP contribution in [0.4, 0.5) is 4.39 Å². The first-order valence-electron chi connectivity index (χ1n) is 8.00. The van der Waals surface area contributed by atoms with E-state index in [2.05, 4.69) is 6.07 Å². The van der Waals surface area contributed by atoms with Crippen molar-refractivity contribution in [2.24, 2.45) is 0 Å². The Balaban J connectivity index is 1.87. The molecule has 2 nitrogen and oxygen atoms in total. The van der Waals surface area contributed by atoms with E-state index in [4.69, 9.17) is 16.3 Å². The van der Waals surface area contributed by atoms with Crippen LogP contribution in [0.5, 0.6) is 5.75 Å². The minimum absolute atomic E-state index is 0.282. The summed E-state index contributed by atoms with van der Waals surface area (Å²) in [5, 5.41) is 10.1. The Morgan fingerprint density at radius 3 is 2.42 bits per heavy atom. The summed E-state index contributed by atoms with van der Waals surface area (Å²) in [6, 6.07) is 23.0. The molecule has 0 radical (unpaired) electrons. The van der Waals surface area contributed by atoms with Gasteiger partial charge in [0.15, 0.2) is 0 Å². The van der Waals surface area contributed by atoms with Crippen LogP contribution in [0.25, 0.3) is 11.6 Å². The Kier molecular flexibility index (Phi) is 5.68. The van der Waals surface area contributed by atoms with E-state index in [1.165, 1.54) is 12.1 Å². The number of para-hydroxylation sites is 1. The van der Waals surface area contributed by atoms with Gasteiger partial charge in [-0.3, -0.25) is 0 Å². The van der Waals surface area contributed by atoms with Gasteiger partial charge in [0.25, 0.3) is 0 Å². The van der Waals surface area contributed by atoms with Crippen LogP contribution in [0.1, 0.15) is 16.7 Å². The second-order valence-electron chi connectivity index (χ2n) is 5.60. The first-order valence-corrected chi connectivity index (χ1v) is 8.38. The van der Waals surface area contributed by atoms with Crippen LogP contribution in [0.15, 0.2) is 72.8 Å². The normalized spacial score (nSPS) is 11.0. The molecule has 0 amide bonds. The van der Waals surface area contributed by atoms with Crippen molar-refractivity contribution in [1.29, 1.82) is 5.26 Å². The summed E-state index contributed by atoms with van der Waals surface area (Å²) in [5.74, 6) is 0.354. The summed E-state index contributed by atoms with van der Waals surface area (Å²) in [4.78, 5) is 0. The lowest BCUT2D eigenvalue weighted by Gasteiger charge is -2.10. The molecule has 0 saturated heterocycles. The Morgan fingerprint density at radius 1 is 1.00 bits per heavy atom. The second kappa shape index (κ2) is 8.33. The zero-order valence-corrected chi connectivity index (χ0v) is 14.6. The standard InChI is InChI=1S/C22H15ClFNO/c23-21-7-3-2-6-20(21)18(14-25)13-17-5-1-4-8-22(17)26-15-16-9-11-19(24)12-10-16/h1-13H,15H2. The van der Waals surface area contributed by atoms with Crippen LogP contribution in [0.2, 0.25) is 5.02 Å². The molecule has 4 heteroatoms. The number of rotatable bonds is 5. The molecule has 3 aromatic rings. The van der Waals surface area contributed by atoms with Crippen molar-refractivity contribution in [2.75, 3.05) is 0 Å². The number of nitriles is 1. The molecule has 0 atom stereocenters. The van der Waals surface area contributed by atoms with Gasteiger partial charge < -0.3 is 4.74 Å². The molecule has 0 aliphatic rings. The topological polar surface area (TPSA) is 33.0 Å². The maximum absolute atomic E-state index is 13.0. The summed E-state index contributed by atoms with van der Waals surface area (Å²) in [5.41, 5.74) is 2.75. The SMILES string of the molecule is N#CC(=Cc1ccccc1OCc1ccc(F)cc1)c1ccccc1Cl. The molecule has 0 saturated carbocycles. The number of allylic oxidation sites excluding steroid dienone is 1. The summed E-state index contributed by atoms with van der Waals surface area (Å²) in [7, 11) is 0. The van der Waals surface area contributed by atoms with Crippen molar-refractivity contribution in [1.82, 2.24) is 0 Å². The van der Waals surface area contributed by atoms with Crippen LogP contribution < -0.4 is 4.74 Å². The van der Waals surface area contributed by atoms with Crippen molar-refractivity contribution in [3.63, 3.8) is 0 Å². The van der Waals surface area contributed by atoms with E-state index in [9.17, 15) is 9.65 Å². The maximum Gasteiger partial charge on any atom is 0.127 e. The van der Waals surface area contributed by atoms with Crippen LogP contribution in [-0.4, -0.2) is 0 Å². The maximum atomic E-state index is 13.0. The lowest BCUT2D eigenvalue weighted by atomic mass is 10.0. The molecular weight excluding hydrogens is 349 g/mol. The smallest absolute Gasteiger partial charge is 0.127 e. The summed E-state index contributed by atoms with van der Waals surface area (Å²) in [6.45, 7) is 0.305. The molecule has 3 aromatic carbocycles. The molecule has 0 fully saturated rings. The minimum atomic E-state index is -0.282. The molecule has 0 spiro atoms. The van der Waals surface area contributed by atoms with E-state index in [0.717, 1.165) is 11.1 Å². The van der Waals surface area contributed by atoms with Gasteiger partial charge in [-0.15, -0.1) is 0 Å². The zero-order chi connectivity index (χ0) is 18.4. The lowest BCUT2D eigenvalue weighted by Crippen LogP contribution is -1.97. The average Bonchev–Trinajstić information content (AvgIpc) is 2.67. The number of hydrogen-bond donors (Lipinski definition) is 0. The third-order valence-electron chi connectivity index (χ3n) is 3.81. The molecule has 0 aliphatic carbocycles. The van der Waals surface area contributed by atoms with Crippen LogP contribution in [-0.2, 0) is 6.61 Å². The Morgan fingerprint density at radius 2 is 1.69 bits per heavy atom. The highest BCUT2D eigenvalue weighted by Gasteiger charge is 2.08. The van der Waals surface area contributed by atoms with Gasteiger partial charge in [0.1, 0.15) is 18.2 Å². The molecule has 0 unspecified atom stereocenters. The lowest BCUT2D eigenvalue weighted by molar-refractivity contribution is 0.305. The zero-order valence-electron chi connectivity index (χ0n) is 13.8. The van der Waals surface area contributed by atoms with Crippen molar-refractivity contribution in [3.05, 3.63) is 100 Å². The minimum Gasteiger partial charge on any atom is -0.488 e. The fraction of sp³-hybridized carbons (Fsp3) is 0.0455.